The Kier molecular flexibility index (Phi) is 5.28. The molecular formula is C23H27N7O. The van der Waals surface area contributed by atoms with E-state index in [1.807, 2.05) is 59.1 Å². The van der Waals surface area contributed by atoms with Crippen molar-refractivity contribution in [3.63, 3.8) is 0 Å². The maximum Gasteiger partial charge on any atom is 0.257 e. The smallest absolute Gasteiger partial charge is 0.257 e. The van der Waals surface area contributed by atoms with Crippen LogP contribution < -0.4 is 9.80 Å². The molecule has 0 bridgehead atoms. The molecule has 0 unspecified atom stereocenters. The highest BCUT2D eigenvalue weighted by atomic mass is 16.2. The molecule has 8 nitrogen and oxygen atoms in total. The maximum absolute atomic E-state index is 13.2. The standard InChI is InChI=1S/C23H27N7O/c1-18-20(17-25-30(18)19-7-3-2-4-8-19)22(31)28-15-13-27(14-16-28)21-9-10-24-23(26-21)29-11-5-6-12-29/h2-4,7-10,17H,5-6,11-16H2,1H3. The van der Waals surface area contributed by atoms with Crippen LogP contribution in [0.25, 0.3) is 5.69 Å². The summed E-state index contributed by atoms with van der Waals surface area (Å²) in [6, 6.07) is 11.9. The first-order valence-electron chi connectivity index (χ1n) is 10.9. The minimum Gasteiger partial charge on any atom is -0.353 e. The number of anilines is 2. The van der Waals surface area contributed by atoms with Crippen LogP contribution >= 0.6 is 0 Å². The van der Waals surface area contributed by atoms with Gasteiger partial charge in [0.15, 0.2) is 0 Å². The third-order valence-electron chi connectivity index (χ3n) is 6.15. The Bertz CT molecular complexity index is 1050. The van der Waals surface area contributed by atoms with Gasteiger partial charge in [-0.1, -0.05) is 18.2 Å². The van der Waals surface area contributed by atoms with E-state index in [-0.39, 0.29) is 5.91 Å². The first kappa shape index (κ1) is 19.5. The molecule has 0 saturated carbocycles. The zero-order valence-electron chi connectivity index (χ0n) is 17.8. The van der Waals surface area contributed by atoms with Crippen LogP contribution in [0.5, 0.6) is 0 Å². The summed E-state index contributed by atoms with van der Waals surface area (Å²) in [7, 11) is 0. The summed E-state index contributed by atoms with van der Waals surface area (Å²) < 4.78 is 1.82. The third kappa shape index (κ3) is 3.85. The van der Waals surface area contributed by atoms with Gasteiger partial charge in [-0.05, 0) is 38.0 Å². The number of benzene rings is 1. The van der Waals surface area contributed by atoms with Crippen LogP contribution in [0.15, 0.2) is 48.8 Å². The van der Waals surface area contributed by atoms with Crippen LogP contribution in [-0.4, -0.2) is 69.8 Å². The van der Waals surface area contributed by atoms with E-state index in [4.69, 9.17) is 4.98 Å². The molecule has 0 N–H and O–H groups in total. The van der Waals surface area contributed by atoms with Gasteiger partial charge in [-0.15, -0.1) is 0 Å². The normalized spacial score (nSPS) is 16.7. The molecule has 2 saturated heterocycles. The molecule has 2 aliphatic rings. The highest BCUT2D eigenvalue weighted by Crippen LogP contribution is 2.21. The van der Waals surface area contributed by atoms with E-state index in [9.17, 15) is 4.79 Å². The van der Waals surface area contributed by atoms with Crippen molar-refractivity contribution >= 4 is 17.7 Å². The SMILES string of the molecule is Cc1c(C(=O)N2CCN(c3ccnc(N4CCCC4)n3)CC2)cnn1-c1ccccc1. The lowest BCUT2D eigenvalue weighted by Gasteiger charge is -2.35. The molecule has 1 aromatic carbocycles. The minimum absolute atomic E-state index is 0.0415. The monoisotopic (exact) mass is 417 g/mol. The van der Waals surface area contributed by atoms with Gasteiger partial charge in [0.05, 0.1) is 23.1 Å². The van der Waals surface area contributed by atoms with Crippen LogP contribution in [0.4, 0.5) is 11.8 Å². The summed E-state index contributed by atoms with van der Waals surface area (Å²) in [5.74, 6) is 1.80. The molecule has 4 heterocycles. The average Bonchev–Trinajstić information content (AvgIpc) is 3.50. The number of carbonyl (C=O) groups excluding carboxylic acids is 1. The third-order valence-corrected chi connectivity index (χ3v) is 6.15. The summed E-state index contributed by atoms with van der Waals surface area (Å²) >= 11 is 0. The molecule has 0 aliphatic carbocycles. The number of amides is 1. The Hall–Kier alpha value is -3.42. The topological polar surface area (TPSA) is 70.4 Å². The molecule has 0 atom stereocenters. The summed E-state index contributed by atoms with van der Waals surface area (Å²) in [4.78, 5) is 28.8. The van der Waals surface area contributed by atoms with Crippen molar-refractivity contribution in [3.05, 3.63) is 60.0 Å². The number of para-hydroxylation sites is 1. The van der Waals surface area contributed by atoms with Gasteiger partial charge in [-0.25, -0.2) is 9.67 Å². The van der Waals surface area contributed by atoms with Gasteiger partial charge in [0.2, 0.25) is 5.95 Å². The van der Waals surface area contributed by atoms with Gasteiger partial charge in [-0.2, -0.15) is 10.1 Å². The molecule has 5 rings (SSSR count). The number of carbonyl (C=O) groups is 1. The van der Waals surface area contributed by atoms with E-state index in [1.54, 1.807) is 6.20 Å². The van der Waals surface area contributed by atoms with Gasteiger partial charge in [0.25, 0.3) is 5.91 Å². The molecule has 1 amide bonds. The Morgan fingerprint density at radius 3 is 2.39 bits per heavy atom. The first-order valence-corrected chi connectivity index (χ1v) is 10.9. The van der Waals surface area contributed by atoms with Gasteiger partial charge in [0.1, 0.15) is 5.82 Å². The van der Waals surface area contributed by atoms with Gasteiger partial charge in [0, 0.05) is 45.5 Å². The number of hydrogen-bond acceptors (Lipinski definition) is 6. The average molecular weight is 418 g/mol. The van der Waals surface area contributed by atoms with E-state index in [0.717, 1.165) is 49.3 Å². The van der Waals surface area contributed by atoms with Crippen LogP contribution in [0.3, 0.4) is 0 Å². The fourth-order valence-electron chi connectivity index (χ4n) is 4.34. The fraction of sp³-hybridized carbons (Fsp3) is 0.391. The van der Waals surface area contributed by atoms with Crippen LogP contribution in [-0.2, 0) is 0 Å². The van der Waals surface area contributed by atoms with E-state index in [1.165, 1.54) is 12.8 Å². The predicted octanol–water partition coefficient (Wildman–Crippen LogP) is 2.53. The van der Waals surface area contributed by atoms with Crippen LogP contribution in [0.2, 0.25) is 0 Å². The van der Waals surface area contributed by atoms with Crippen molar-refractivity contribution in [2.45, 2.75) is 19.8 Å². The maximum atomic E-state index is 13.2. The highest BCUT2D eigenvalue weighted by Gasteiger charge is 2.26. The van der Waals surface area contributed by atoms with Crippen LogP contribution in [0.1, 0.15) is 28.9 Å². The quantitative estimate of drug-likeness (QED) is 0.650. The Morgan fingerprint density at radius 2 is 1.65 bits per heavy atom. The second kappa shape index (κ2) is 8.37. The predicted molar refractivity (Wildman–Crippen MR) is 120 cm³/mol. The van der Waals surface area contributed by atoms with Crippen molar-refractivity contribution < 1.29 is 4.79 Å². The Labute approximate surface area is 182 Å². The summed E-state index contributed by atoms with van der Waals surface area (Å²) in [5.41, 5.74) is 2.49. The lowest BCUT2D eigenvalue weighted by Crippen LogP contribution is -2.49. The van der Waals surface area contributed by atoms with E-state index in [2.05, 4.69) is 19.9 Å². The number of rotatable bonds is 4. The van der Waals surface area contributed by atoms with E-state index >= 15 is 0 Å². The van der Waals surface area contributed by atoms with Crippen molar-refractivity contribution in [1.82, 2.24) is 24.6 Å². The van der Waals surface area contributed by atoms with Crippen LogP contribution in [0, 0.1) is 6.92 Å². The largest absolute Gasteiger partial charge is 0.353 e. The zero-order chi connectivity index (χ0) is 21.2. The Morgan fingerprint density at radius 1 is 0.903 bits per heavy atom. The van der Waals surface area contributed by atoms with Crippen molar-refractivity contribution in [2.75, 3.05) is 49.1 Å². The molecule has 0 radical (unpaired) electrons. The van der Waals surface area contributed by atoms with Gasteiger partial charge in [-0.3, -0.25) is 4.79 Å². The molecule has 2 fully saturated rings. The second-order valence-electron chi connectivity index (χ2n) is 8.08. The molecule has 3 aromatic rings. The van der Waals surface area contributed by atoms with Crippen molar-refractivity contribution in [3.8, 4) is 5.69 Å². The number of nitrogens with zero attached hydrogens (tertiary/aromatic N) is 7. The van der Waals surface area contributed by atoms with Gasteiger partial charge < -0.3 is 14.7 Å². The summed E-state index contributed by atoms with van der Waals surface area (Å²) in [6.45, 7) is 6.85. The molecule has 31 heavy (non-hydrogen) atoms. The molecule has 8 heteroatoms. The van der Waals surface area contributed by atoms with E-state index in [0.29, 0.717) is 18.7 Å². The first-order chi connectivity index (χ1) is 15.2. The summed E-state index contributed by atoms with van der Waals surface area (Å²) in [6.07, 6.45) is 5.93. The van der Waals surface area contributed by atoms with E-state index < -0.39 is 0 Å². The lowest BCUT2D eigenvalue weighted by atomic mass is 10.2. The zero-order valence-corrected chi connectivity index (χ0v) is 17.8. The molecule has 2 aromatic heterocycles. The molecule has 2 aliphatic heterocycles. The number of aromatic nitrogens is 4. The van der Waals surface area contributed by atoms with Gasteiger partial charge >= 0.3 is 0 Å². The second-order valence-corrected chi connectivity index (χ2v) is 8.08. The highest BCUT2D eigenvalue weighted by molar-refractivity contribution is 5.95. The minimum atomic E-state index is 0.0415. The van der Waals surface area contributed by atoms with Crippen molar-refractivity contribution in [2.24, 2.45) is 0 Å². The molecule has 0 spiro atoms. The van der Waals surface area contributed by atoms with Crippen molar-refractivity contribution in [1.29, 1.82) is 0 Å². The molecule has 160 valence electrons. The number of piperazine rings is 1. The molecular weight excluding hydrogens is 390 g/mol. The lowest BCUT2D eigenvalue weighted by molar-refractivity contribution is 0.0745. The Balaban J connectivity index is 1.25. The number of hydrogen-bond donors (Lipinski definition) is 0. The fourth-order valence-corrected chi connectivity index (χ4v) is 4.34. The summed E-state index contributed by atoms with van der Waals surface area (Å²) in [5, 5.41) is 4.45.